The minimum Gasteiger partial charge on any atom is -0.385 e. The number of nitrogens with one attached hydrogen (secondary N) is 1. The van der Waals surface area contributed by atoms with Gasteiger partial charge in [0.05, 0.1) is 12.7 Å². The van der Waals surface area contributed by atoms with Crippen molar-refractivity contribution in [2.24, 2.45) is 5.92 Å². The molecular weight excluding hydrogens is 462 g/mol. The Hall–Kier alpha value is -3.99. The van der Waals surface area contributed by atoms with Crippen molar-refractivity contribution in [1.82, 2.24) is 19.5 Å². The second-order valence-electron chi connectivity index (χ2n) is 8.73. The molecule has 0 spiro atoms. The second-order valence-corrected chi connectivity index (χ2v) is 8.73. The third-order valence-electron chi connectivity index (χ3n) is 6.38. The van der Waals surface area contributed by atoms with Gasteiger partial charge in [-0.1, -0.05) is 30.3 Å². The SMILES string of the molecule is COCCCN(C(=O)C1CCN(c2cnccn2)CC1)c1c(N)n(Cc2ccccc2)c(=O)[nH]c1=O. The van der Waals surface area contributed by atoms with Crippen LogP contribution in [0.5, 0.6) is 0 Å². The van der Waals surface area contributed by atoms with Gasteiger partial charge in [-0.05, 0) is 24.8 Å². The standard InChI is InChI=1S/C25H31N7O4/c1-36-15-5-12-31(24(34)19-8-13-30(14-9-19)20-16-27-10-11-28-20)21-22(26)32(25(35)29-23(21)33)17-18-6-3-2-4-7-18/h2-4,6-7,10-11,16,19H,5,8-9,12-15,17,26H2,1H3,(H,29,33,35). The molecule has 36 heavy (non-hydrogen) atoms. The first-order valence-electron chi connectivity index (χ1n) is 12.0. The minimum absolute atomic E-state index is 0.00277. The summed E-state index contributed by atoms with van der Waals surface area (Å²) in [5.41, 5.74) is 5.95. The summed E-state index contributed by atoms with van der Waals surface area (Å²) < 4.78 is 6.46. The molecule has 1 saturated heterocycles. The van der Waals surface area contributed by atoms with Crippen LogP contribution in [0.3, 0.4) is 0 Å². The molecule has 0 saturated carbocycles. The fraction of sp³-hybridized carbons (Fsp3) is 0.400. The van der Waals surface area contributed by atoms with Crippen LogP contribution in [0.2, 0.25) is 0 Å². The van der Waals surface area contributed by atoms with Gasteiger partial charge in [0.25, 0.3) is 5.56 Å². The average molecular weight is 494 g/mol. The molecule has 11 nitrogen and oxygen atoms in total. The van der Waals surface area contributed by atoms with Crippen LogP contribution in [0.4, 0.5) is 17.3 Å². The Labute approximate surface area is 208 Å². The predicted octanol–water partition coefficient (Wildman–Crippen LogP) is 1.24. The lowest BCUT2D eigenvalue weighted by Gasteiger charge is -2.34. The van der Waals surface area contributed by atoms with Crippen molar-refractivity contribution in [1.29, 1.82) is 0 Å². The monoisotopic (exact) mass is 493 g/mol. The summed E-state index contributed by atoms with van der Waals surface area (Å²) in [6.45, 7) is 2.11. The van der Waals surface area contributed by atoms with Gasteiger partial charge in [-0.15, -0.1) is 0 Å². The molecule has 2 aromatic heterocycles. The molecule has 1 fully saturated rings. The number of hydrogen-bond acceptors (Lipinski definition) is 8. The van der Waals surface area contributed by atoms with E-state index in [-0.39, 0.29) is 36.4 Å². The van der Waals surface area contributed by atoms with E-state index in [1.165, 1.54) is 9.47 Å². The molecule has 1 aromatic carbocycles. The van der Waals surface area contributed by atoms with E-state index in [2.05, 4.69) is 19.9 Å². The zero-order valence-corrected chi connectivity index (χ0v) is 20.3. The largest absolute Gasteiger partial charge is 0.385 e. The minimum atomic E-state index is -0.676. The molecule has 3 N–H and O–H groups in total. The van der Waals surface area contributed by atoms with Crippen molar-refractivity contribution in [3.63, 3.8) is 0 Å². The van der Waals surface area contributed by atoms with Crippen LogP contribution >= 0.6 is 0 Å². The van der Waals surface area contributed by atoms with Gasteiger partial charge >= 0.3 is 5.69 Å². The number of nitrogens with zero attached hydrogens (tertiary/aromatic N) is 5. The zero-order chi connectivity index (χ0) is 25.5. The third kappa shape index (κ3) is 5.62. The van der Waals surface area contributed by atoms with Crippen molar-refractivity contribution < 1.29 is 9.53 Å². The Bertz CT molecular complexity index is 1270. The lowest BCUT2D eigenvalue weighted by atomic mass is 9.95. The van der Waals surface area contributed by atoms with Crippen LogP contribution in [0.25, 0.3) is 0 Å². The first-order chi connectivity index (χ1) is 17.5. The van der Waals surface area contributed by atoms with Gasteiger partial charge in [-0.25, -0.2) is 9.78 Å². The van der Waals surface area contributed by atoms with Crippen molar-refractivity contribution in [3.05, 3.63) is 75.3 Å². The van der Waals surface area contributed by atoms with E-state index >= 15 is 0 Å². The number of benzene rings is 1. The van der Waals surface area contributed by atoms with Crippen molar-refractivity contribution in [2.75, 3.05) is 48.9 Å². The Balaban J connectivity index is 1.61. The van der Waals surface area contributed by atoms with Crippen molar-refractivity contribution in [3.8, 4) is 0 Å². The number of rotatable bonds is 9. The maximum atomic E-state index is 13.7. The quantitative estimate of drug-likeness (QED) is 0.425. The molecule has 1 amide bonds. The van der Waals surface area contributed by atoms with Crippen LogP contribution in [-0.4, -0.2) is 58.8 Å². The number of piperidine rings is 1. The Kier molecular flexibility index (Phi) is 8.11. The fourth-order valence-corrected chi connectivity index (χ4v) is 4.49. The molecule has 3 aromatic rings. The number of aromatic nitrogens is 4. The molecule has 1 aliphatic heterocycles. The van der Waals surface area contributed by atoms with Crippen molar-refractivity contribution in [2.45, 2.75) is 25.8 Å². The molecular formula is C25H31N7O4. The van der Waals surface area contributed by atoms with Crippen LogP contribution in [0.15, 0.2) is 58.5 Å². The molecule has 3 heterocycles. The maximum Gasteiger partial charge on any atom is 0.330 e. The molecule has 0 unspecified atom stereocenters. The molecule has 0 bridgehead atoms. The van der Waals surface area contributed by atoms with Crippen LogP contribution < -0.4 is 26.8 Å². The van der Waals surface area contributed by atoms with E-state index in [0.29, 0.717) is 39.0 Å². The highest BCUT2D eigenvalue weighted by Crippen LogP contribution is 2.26. The van der Waals surface area contributed by atoms with Gasteiger partial charge in [0, 0.05) is 51.7 Å². The number of amides is 1. The number of anilines is 3. The molecule has 0 atom stereocenters. The number of carbonyl (C=O) groups excluding carboxylic acids is 1. The van der Waals surface area contributed by atoms with Gasteiger partial charge in [-0.3, -0.25) is 24.1 Å². The first kappa shape index (κ1) is 25.1. The maximum absolute atomic E-state index is 13.7. The van der Waals surface area contributed by atoms with E-state index in [1.807, 2.05) is 30.3 Å². The van der Waals surface area contributed by atoms with Crippen molar-refractivity contribution >= 4 is 23.2 Å². The number of aromatic amines is 1. The van der Waals surface area contributed by atoms with Crippen LogP contribution in [0, 0.1) is 5.92 Å². The van der Waals surface area contributed by atoms with E-state index in [1.54, 1.807) is 25.7 Å². The Morgan fingerprint density at radius 3 is 2.61 bits per heavy atom. The summed E-state index contributed by atoms with van der Waals surface area (Å²) in [4.78, 5) is 53.7. The Morgan fingerprint density at radius 1 is 1.19 bits per heavy atom. The lowest BCUT2D eigenvalue weighted by molar-refractivity contribution is -0.123. The second kappa shape index (κ2) is 11.6. The average Bonchev–Trinajstić information content (AvgIpc) is 2.91. The predicted molar refractivity (Wildman–Crippen MR) is 137 cm³/mol. The summed E-state index contributed by atoms with van der Waals surface area (Å²) in [6.07, 6.45) is 6.67. The molecule has 0 aliphatic carbocycles. The fourth-order valence-electron chi connectivity index (χ4n) is 4.49. The topological polar surface area (TPSA) is 139 Å². The highest BCUT2D eigenvalue weighted by atomic mass is 16.5. The lowest BCUT2D eigenvalue weighted by Crippen LogP contribution is -2.47. The smallest absolute Gasteiger partial charge is 0.330 e. The van der Waals surface area contributed by atoms with Gasteiger partial charge in [0.2, 0.25) is 5.91 Å². The van der Waals surface area contributed by atoms with Crippen LogP contribution in [-0.2, 0) is 16.1 Å². The molecule has 4 rings (SSSR count). The summed E-state index contributed by atoms with van der Waals surface area (Å²) in [6, 6.07) is 9.32. The molecule has 190 valence electrons. The summed E-state index contributed by atoms with van der Waals surface area (Å²) in [5, 5.41) is 0. The Morgan fingerprint density at radius 2 is 1.94 bits per heavy atom. The third-order valence-corrected chi connectivity index (χ3v) is 6.38. The van der Waals surface area contributed by atoms with E-state index in [0.717, 1.165) is 11.4 Å². The normalized spacial score (nSPS) is 14.1. The van der Waals surface area contributed by atoms with Gasteiger partial charge in [0.1, 0.15) is 11.6 Å². The number of nitrogen functional groups attached to an aromatic ring is 1. The molecule has 11 heteroatoms. The zero-order valence-electron chi connectivity index (χ0n) is 20.3. The summed E-state index contributed by atoms with van der Waals surface area (Å²) in [7, 11) is 1.58. The van der Waals surface area contributed by atoms with Gasteiger partial charge < -0.3 is 20.3 Å². The number of nitrogens with two attached hydrogens (primary N) is 1. The molecule has 0 radical (unpaired) electrons. The van der Waals surface area contributed by atoms with Gasteiger partial charge in [-0.2, -0.15) is 0 Å². The molecule has 1 aliphatic rings. The highest BCUT2D eigenvalue weighted by molar-refractivity contribution is 5.97. The van der Waals surface area contributed by atoms with Gasteiger partial charge in [0.15, 0.2) is 5.69 Å². The summed E-state index contributed by atoms with van der Waals surface area (Å²) in [5.74, 6) is 0.255. The number of H-pyrrole nitrogens is 1. The van der Waals surface area contributed by atoms with E-state index in [4.69, 9.17) is 10.5 Å². The van der Waals surface area contributed by atoms with E-state index in [9.17, 15) is 14.4 Å². The summed E-state index contributed by atoms with van der Waals surface area (Å²) >= 11 is 0. The van der Waals surface area contributed by atoms with Crippen LogP contribution in [0.1, 0.15) is 24.8 Å². The highest BCUT2D eigenvalue weighted by Gasteiger charge is 2.32. The first-order valence-corrected chi connectivity index (χ1v) is 12.0. The number of ether oxygens (including phenoxy) is 1. The number of carbonyl (C=O) groups is 1. The number of hydrogen-bond donors (Lipinski definition) is 2. The number of methoxy groups -OCH3 is 1. The van der Waals surface area contributed by atoms with E-state index < -0.39 is 11.2 Å².